The van der Waals surface area contributed by atoms with Crippen molar-refractivity contribution in [1.82, 2.24) is 9.78 Å². The number of para-hydroxylation sites is 1. The van der Waals surface area contributed by atoms with E-state index >= 15 is 0 Å². The van der Waals surface area contributed by atoms with Gasteiger partial charge in [-0.05, 0) is 36.6 Å². The molecule has 0 unspecified atom stereocenters. The predicted octanol–water partition coefficient (Wildman–Crippen LogP) is 2.66. The van der Waals surface area contributed by atoms with Crippen molar-refractivity contribution in [2.45, 2.75) is 17.9 Å². The van der Waals surface area contributed by atoms with Gasteiger partial charge in [-0.3, -0.25) is 4.79 Å². The van der Waals surface area contributed by atoms with Gasteiger partial charge >= 0.3 is 0 Å². The van der Waals surface area contributed by atoms with E-state index in [-0.39, 0.29) is 11.8 Å². The number of nitrogens with zero attached hydrogens (tertiary/aromatic N) is 2. The van der Waals surface area contributed by atoms with Crippen LogP contribution in [-0.4, -0.2) is 35.0 Å². The summed E-state index contributed by atoms with van der Waals surface area (Å²) in [6, 6.07) is 16.2. The van der Waals surface area contributed by atoms with Gasteiger partial charge in [-0.1, -0.05) is 18.2 Å². The Hall–Kier alpha value is -2.31. The number of thioether (sulfide) groups is 1. The van der Waals surface area contributed by atoms with Crippen molar-refractivity contribution in [2.24, 2.45) is 5.92 Å². The SMILES string of the molecule is CSc1nn(-c2ccccc2)c2cc(NC(=O)C3CC[NH2+]CC3)ccc12. The number of carbonyl (C=O) groups is 1. The molecule has 6 heteroatoms. The number of carbonyl (C=O) groups excluding carboxylic acids is 1. The van der Waals surface area contributed by atoms with Crippen molar-refractivity contribution in [2.75, 3.05) is 24.7 Å². The lowest BCUT2D eigenvalue weighted by molar-refractivity contribution is -0.663. The molecule has 0 atom stereocenters. The van der Waals surface area contributed by atoms with Crippen LogP contribution in [0.1, 0.15) is 12.8 Å². The third-order valence-corrected chi connectivity index (χ3v) is 5.61. The number of anilines is 1. The van der Waals surface area contributed by atoms with E-state index in [1.807, 2.05) is 53.4 Å². The summed E-state index contributed by atoms with van der Waals surface area (Å²) in [6.45, 7) is 2.07. The Morgan fingerprint density at radius 2 is 1.96 bits per heavy atom. The van der Waals surface area contributed by atoms with Gasteiger partial charge in [0.2, 0.25) is 5.91 Å². The molecule has 4 rings (SSSR count). The Labute approximate surface area is 157 Å². The number of fused-ring (bicyclic) bond motifs is 1. The Morgan fingerprint density at radius 1 is 1.19 bits per heavy atom. The summed E-state index contributed by atoms with van der Waals surface area (Å²) in [7, 11) is 0. The lowest BCUT2D eigenvalue weighted by atomic mass is 9.97. The second kappa shape index (κ2) is 7.51. The van der Waals surface area contributed by atoms with Crippen LogP contribution in [0.25, 0.3) is 16.6 Å². The molecular formula is C20H23N4OS+. The third kappa shape index (κ3) is 3.34. The number of aromatic nitrogens is 2. The largest absolute Gasteiger partial charge is 0.346 e. The molecule has 0 spiro atoms. The number of quaternary nitrogens is 1. The van der Waals surface area contributed by atoms with Crippen LogP contribution in [0.4, 0.5) is 5.69 Å². The number of hydrogen-bond donors (Lipinski definition) is 2. The molecule has 26 heavy (non-hydrogen) atoms. The number of hydrogen-bond acceptors (Lipinski definition) is 3. The fourth-order valence-corrected chi connectivity index (χ4v) is 4.07. The van der Waals surface area contributed by atoms with Crippen LogP contribution in [0.15, 0.2) is 53.6 Å². The minimum atomic E-state index is 0.122. The number of piperidine rings is 1. The van der Waals surface area contributed by atoms with Crippen molar-refractivity contribution in [3.05, 3.63) is 48.5 Å². The standard InChI is InChI=1S/C20H22N4OS/c1-26-20-17-8-7-15(22-19(25)14-9-11-21-12-10-14)13-18(17)24(23-20)16-5-3-2-4-6-16/h2-8,13-14,21H,9-12H2,1H3,(H,22,25)/p+1. The van der Waals surface area contributed by atoms with Gasteiger partial charge in [0.15, 0.2) is 0 Å². The average Bonchev–Trinajstić information content (AvgIpc) is 3.07. The van der Waals surface area contributed by atoms with Crippen LogP contribution < -0.4 is 10.6 Å². The van der Waals surface area contributed by atoms with E-state index in [9.17, 15) is 4.79 Å². The molecular weight excluding hydrogens is 344 g/mol. The summed E-state index contributed by atoms with van der Waals surface area (Å²) in [6.07, 6.45) is 3.94. The number of rotatable bonds is 4. The maximum Gasteiger partial charge on any atom is 0.227 e. The first-order valence-electron chi connectivity index (χ1n) is 9.01. The molecule has 0 aliphatic carbocycles. The van der Waals surface area contributed by atoms with Crippen LogP contribution in [0.2, 0.25) is 0 Å². The zero-order valence-electron chi connectivity index (χ0n) is 14.8. The lowest BCUT2D eigenvalue weighted by Gasteiger charge is -2.19. The fraction of sp³-hybridized carbons (Fsp3) is 0.300. The van der Waals surface area contributed by atoms with Gasteiger partial charge in [0, 0.05) is 29.8 Å². The van der Waals surface area contributed by atoms with Gasteiger partial charge in [0.05, 0.1) is 24.3 Å². The van der Waals surface area contributed by atoms with E-state index in [0.29, 0.717) is 0 Å². The highest BCUT2D eigenvalue weighted by Gasteiger charge is 2.23. The highest BCUT2D eigenvalue weighted by molar-refractivity contribution is 7.98. The summed E-state index contributed by atoms with van der Waals surface area (Å²) in [5.41, 5.74) is 2.86. The molecule has 0 bridgehead atoms. The van der Waals surface area contributed by atoms with Crippen molar-refractivity contribution < 1.29 is 10.1 Å². The Balaban J connectivity index is 1.68. The normalized spacial score (nSPS) is 15.3. The Morgan fingerprint density at radius 3 is 2.69 bits per heavy atom. The fourth-order valence-electron chi connectivity index (χ4n) is 3.51. The van der Waals surface area contributed by atoms with Crippen LogP contribution in [0.3, 0.4) is 0 Å². The van der Waals surface area contributed by atoms with Gasteiger partial charge in [0.25, 0.3) is 0 Å². The molecule has 5 nitrogen and oxygen atoms in total. The molecule has 1 fully saturated rings. The van der Waals surface area contributed by atoms with Crippen molar-refractivity contribution in [3.8, 4) is 5.69 Å². The molecule has 1 amide bonds. The number of nitrogens with one attached hydrogen (secondary N) is 1. The van der Waals surface area contributed by atoms with Crippen molar-refractivity contribution in [3.63, 3.8) is 0 Å². The predicted molar refractivity (Wildman–Crippen MR) is 106 cm³/mol. The molecule has 1 aromatic heterocycles. The number of amides is 1. The molecule has 1 saturated heterocycles. The van der Waals surface area contributed by atoms with Crippen molar-refractivity contribution >= 4 is 34.3 Å². The first-order chi connectivity index (χ1) is 12.8. The highest BCUT2D eigenvalue weighted by atomic mass is 32.2. The Bertz CT molecular complexity index is 916. The minimum Gasteiger partial charge on any atom is -0.346 e. The maximum absolute atomic E-state index is 12.6. The maximum atomic E-state index is 12.6. The van der Waals surface area contributed by atoms with Gasteiger partial charge < -0.3 is 10.6 Å². The van der Waals surface area contributed by atoms with Gasteiger partial charge in [-0.25, -0.2) is 4.68 Å². The monoisotopic (exact) mass is 367 g/mol. The molecule has 0 radical (unpaired) electrons. The van der Waals surface area contributed by atoms with Crippen LogP contribution in [0, 0.1) is 5.92 Å². The zero-order valence-corrected chi connectivity index (χ0v) is 15.6. The summed E-state index contributed by atoms with van der Waals surface area (Å²) >= 11 is 1.63. The second-order valence-corrected chi connectivity index (χ2v) is 7.41. The van der Waals surface area contributed by atoms with E-state index < -0.39 is 0 Å². The first-order valence-corrected chi connectivity index (χ1v) is 10.2. The second-order valence-electron chi connectivity index (χ2n) is 6.62. The van der Waals surface area contributed by atoms with Gasteiger partial charge in [0.1, 0.15) is 5.03 Å². The topological polar surface area (TPSA) is 63.5 Å². The molecule has 3 aromatic rings. The zero-order chi connectivity index (χ0) is 17.9. The summed E-state index contributed by atoms with van der Waals surface area (Å²) in [4.78, 5) is 12.6. The molecule has 2 heterocycles. The number of benzene rings is 2. The lowest BCUT2D eigenvalue weighted by Crippen LogP contribution is -2.86. The third-order valence-electron chi connectivity index (χ3n) is 4.92. The van der Waals surface area contributed by atoms with E-state index in [0.717, 1.165) is 53.2 Å². The van der Waals surface area contributed by atoms with Crippen LogP contribution in [-0.2, 0) is 4.79 Å². The van der Waals surface area contributed by atoms with Crippen LogP contribution >= 0.6 is 11.8 Å². The summed E-state index contributed by atoms with van der Waals surface area (Å²) in [5, 5.41) is 12.2. The summed E-state index contributed by atoms with van der Waals surface area (Å²) in [5.74, 6) is 0.254. The van der Waals surface area contributed by atoms with Gasteiger partial charge in [-0.2, -0.15) is 5.10 Å². The highest BCUT2D eigenvalue weighted by Crippen LogP contribution is 2.30. The first kappa shape index (κ1) is 17.1. The van der Waals surface area contributed by atoms with E-state index in [1.54, 1.807) is 11.8 Å². The molecule has 0 saturated carbocycles. The molecule has 134 valence electrons. The molecule has 1 aliphatic rings. The minimum absolute atomic E-state index is 0.122. The van der Waals surface area contributed by atoms with Crippen LogP contribution in [0.5, 0.6) is 0 Å². The summed E-state index contributed by atoms with van der Waals surface area (Å²) < 4.78 is 1.95. The van der Waals surface area contributed by atoms with Crippen molar-refractivity contribution in [1.29, 1.82) is 0 Å². The quantitative estimate of drug-likeness (QED) is 0.697. The Kier molecular flexibility index (Phi) is 4.95. The smallest absolute Gasteiger partial charge is 0.227 e. The van der Waals surface area contributed by atoms with Gasteiger partial charge in [-0.15, -0.1) is 11.8 Å². The average molecular weight is 367 g/mol. The molecule has 1 aliphatic heterocycles. The van der Waals surface area contributed by atoms with E-state index in [4.69, 9.17) is 5.10 Å². The van der Waals surface area contributed by atoms with E-state index in [2.05, 4.69) is 16.7 Å². The molecule has 3 N–H and O–H groups in total. The molecule has 2 aromatic carbocycles. The number of nitrogens with two attached hydrogens (primary N) is 1. The van der Waals surface area contributed by atoms with E-state index in [1.165, 1.54) is 0 Å².